The molecule has 0 radical (unpaired) electrons. The highest BCUT2D eigenvalue weighted by atomic mass is 32.2. The zero-order chi connectivity index (χ0) is 17.3. The lowest BCUT2D eigenvalue weighted by Gasteiger charge is -2.18. The van der Waals surface area contributed by atoms with Crippen LogP contribution in [0, 0.1) is 5.92 Å². The molecule has 1 unspecified atom stereocenters. The van der Waals surface area contributed by atoms with Gasteiger partial charge in [0.1, 0.15) is 0 Å². The van der Waals surface area contributed by atoms with Crippen molar-refractivity contribution in [2.45, 2.75) is 20.4 Å². The van der Waals surface area contributed by atoms with Crippen LogP contribution in [0.1, 0.15) is 13.8 Å². The fourth-order valence-electron chi connectivity index (χ4n) is 1.85. The second-order valence-electron chi connectivity index (χ2n) is 4.73. The minimum atomic E-state index is -3.16. The van der Waals surface area contributed by atoms with Gasteiger partial charge >= 0.3 is 13.3 Å². The molecule has 0 saturated heterocycles. The molecule has 0 aromatic carbocycles. The Bertz CT molecular complexity index is 625. The smallest absolute Gasteiger partial charge is 0.308 e. The minimum Gasteiger partial charge on any atom is -0.308 e. The van der Waals surface area contributed by atoms with Crippen LogP contribution in [0.5, 0.6) is 0 Å². The molecule has 7 nitrogen and oxygen atoms in total. The van der Waals surface area contributed by atoms with Crippen LogP contribution in [0.4, 0.5) is 4.39 Å². The normalized spacial score (nSPS) is 13.2. The Morgan fingerprint density at radius 3 is 2.52 bits per heavy atom. The first-order valence-corrected chi connectivity index (χ1v) is 10.1. The van der Waals surface area contributed by atoms with Crippen LogP contribution in [0.3, 0.4) is 0 Å². The molecular weight excluding hydrogens is 346 g/mol. The fourth-order valence-corrected chi connectivity index (χ4v) is 5.15. The quantitative estimate of drug-likeness (QED) is 0.602. The minimum absolute atomic E-state index is 0.131. The summed E-state index contributed by atoms with van der Waals surface area (Å²) in [6.07, 6.45) is 1.33. The van der Waals surface area contributed by atoms with Gasteiger partial charge in [-0.2, -0.15) is 0 Å². The summed E-state index contributed by atoms with van der Waals surface area (Å²) in [7, 11) is -3.16. The molecule has 0 aliphatic carbocycles. The van der Waals surface area contributed by atoms with E-state index in [0.717, 1.165) is 0 Å². The number of aromatic amines is 1. The Labute approximate surface area is 138 Å². The molecule has 1 N–H and O–H groups in total. The van der Waals surface area contributed by atoms with Crippen molar-refractivity contribution < 1.29 is 18.0 Å². The van der Waals surface area contributed by atoms with Gasteiger partial charge in [-0.05, 0) is 13.8 Å². The SMILES string of the molecule is CCOP(=O)(CSCC(CF)Cn1ccc(=O)[nH]c1=O)OCC. The van der Waals surface area contributed by atoms with E-state index < -0.39 is 31.4 Å². The molecule has 0 aliphatic rings. The predicted octanol–water partition coefficient (Wildman–Crippen LogP) is 2.08. The average molecular weight is 368 g/mol. The molecule has 1 rings (SSSR count). The number of halogens is 1. The maximum atomic E-state index is 13.1. The molecular formula is C13H22FN2O5PS. The molecule has 1 aromatic rings. The number of hydrogen-bond acceptors (Lipinski definition) is 6. The van der Waals surface area contributed by atoms with Crippen LogP contribution >= 0.6 is 19.4 Å². The lowest BCUT2D eigenvalue weighted by molar-refractivity contribution is 0.224. The van der Waals surface area contributed by atoms with Gasteiger partial charge in [-0.3, -0.25) is 18.7 Å². The third-order valence-electron chi connectivity index (χ3n) is 2.82. The Hall–Kier alpha value is -0.890. The maximum absolute atomic E-state index is 13.1. The Balaban J connectivity index is 2.58. The number of alkyl halides is 1. The van der Waals surface area contributed by atoms with Crippen LogP contribution in [-0.2, 0) is 20.2 Å². The van der Waals surface area contributed by atoms with Crippen LogP contribution in [0.2, 0.25) is 0 Å². The third kappa shape index (κ3) is 7.03. The van der Waals surface area contributed by atoms with Crippen LogP contribution < -0.4 is 11.2 Å². The Morgan fingerprint density at radius 1 is 1.35 bits per heavy atom. The fraction of sp³-hybridized carbons (Fsp3) is 0.692. The number of thioether (sulfide) groups is 1. The molecule has 132 valence electrons. The van der Waals surface area contributed by atoms with Gasteiger partial charge in [0.25, 0.3) is 5.56 Å². The van der Waals surface area contributed by atoms with Crippen LogP contribution in [0.15, 0.2) is 21.9 Å². The number of hydrogen-bond donors (Lipinski definition) is 1. The number of nitrogens with zero attached hydrogens (tertiary/aromatic N) is 1. The van der Waals surface area contributed by atoms with Gasteiger partial charge in [0, 0.05) is 30.5 Å². The van der Waals surface area contributed by atoms with Crippen molar-refractivity contribution in [1.82, 2.24) is 9.55 Å². The van der Waals surface area contributed by atoms with E-state index in [1.165, 1.54) is 28.6 Å². The first kappa shape index (κ1) is 20.2. The largest absolute Gasteiger partial charge is 0.340 e. The van der Waals surface area contributed by atoms with E-state index in [2.05, 4.69) is 4.98 Å². The van der Waals surface area contributed by atoms with Crippen molar-refractivity contribution in [1.29, 1.82) is 0 Å². The maximum Gasteiger partial charge on any atom is 0.340 e. The molecule has 10 heteroatoms. The van der Waals surface area contributed by atoms with Crippen LogP contribution in [-0.4, -0.2) is 40.7 Å². The van der Waals surface area contributed by atoms with Crippen LogP contribution in [0.25, 0.3) is 0 Å². The van der Waals surface area contributed by atoms with Gasteiger partial charge in [-0.1, -0.05) is 0 Å². The zero-order valence-corrected chi connectivity index (χ0v) is 14.9. The molecule has 0 spiro atoms. The van der Waals surface area contributed by atoms with E-state index in [1.54, 1.807) is 13.8 Å². The monoisotopic (exact) mass is 368 g/mol. The predicted molar refractivity (Wildman–Crippen MR) is 89.0 cm³/mol. The summed E-state index contributed by atoms with van der Waals surface area (Å²) in [5.41, 5.74) is -0.937. The van der Waals surface area contributed by atoms with Crippen molar-refractivity contribution >= 4 is 19.4 Å². The summed E-state index contributed by atoms with van der Waals surface area (Å²) in [6.45, 7) is 3.50. The summed E-state index contributed by atoms with van der Waals surface area (Å²) in [5.74, 6) is -0.0908. The molecule has 23 heavy (non-hydrogen) atoms. The second kappa shape index (κ2) is 10.1. The van der Waals surface area contributed by atoms with E-state index in [0.29, 0.717) is 5.75 Å². The Morgan fingerprint density at radius 2 is 2.00 bits per heavy atom. The molecule has 0 fully saturated rings. The van der Waals surface area contributed by atoms with Crippen molar-refractivity contribution in [3.05, 3.63) is 33.1 Å². The molecule has 0 bridgehead atoms. The number of H-pyrrole nitrogens is 1. The van der Waals surface area contributed by atoms with E-state index in [-0.39, 0.29) is 25.3 Å². The van der Waals surface area contributed by atoms with E-state index in [4.69, 9.17) is 9.05 Å². The summed E-state index contributed by atoms with van der Waals surface area (Å²) < 4.78 is 37.0. The first-order chi connectivity index (χ1) is 10.9. The molecule has 0 amide bonds. The van der Waals surface area contributed by atoms with Gasteiger partial charge < -0.3 is 13.6 Å². The zero-order valence-electron chi connectivity index (χ0n) is 13.2. The van der Waals surface area contributed by atoms with Gasteiger partial charge in [-0.25, -0.2) is 4.79 Å². The summed E-state index contributed by atoms with van der Waals surface area (Å²) in [5, 5.41) is 0. The topological polar surface area (TPSA) is 90.4 Å². The van der Waals surface area contributed by atoms with Crippen molar-refractivity contribution in [2.75, 3.05) is 31.1 Å². The summed E-state index contributed by atoms with van der Waals surface area (Å²) in [6, 6.07) is 1.21. The number of nitrogens with one attached hydrogen (secondary N) is 1. The third-order valence-corrected chi connectivity index (χ3v) is 6.83. The molecule has 1 heterocycles. The Kier molecular flexibility index (Phi) is 8.83. The number of rotatable bonds is 11. The van der Waals surface area contributed by atoms with E-state index in [9.17, 15) is 18.5 Å². The summed E-state index contributed by atoms with van der Waals surface area (Å²) >= 11 is 1.26. The van der Waals surface area contributed by atoms with Gasteiger partial charge in [0.2, 0.25) is 0 Å². The highest BCUT2D eigenvalue weighted by Crippen LogP contribution is 2.50. The average Bonchev–Trinajstić information content (AvgIpc) is 2.49. The van der Waals surface area contributed by atoms with Gasteiger partial charge in [0.15, 0.2) is 0 Å². The van der Waals surface area contributed by atoms with Gasteiger partial charge in [0.05, 0.1) is 25.4 Å². The standard InChI is InChI=1S/C13H22FN2O5PS/c1-3-20-22(19,21-4-2)10-23-9-11(7-14)8-16-6-5-12(17)15-13(16)18/h5-6,11H,3-4,7-10H2,1-2H3,(H,15,17,18). The summed E-state index contributed by atoms with van der Waals surface area (Å²) in [4.78, 5) is 24.7. The first-order valence-electron chi connectivity index (χ1n) is 7.25. The highest BCUT2D eigenvalue weighted by molar-refractivity contribution is 8.04. The molecule has 1 aromatic heterocycles. The van der Waals surface area contributed by atoms with Gasteiger partial charge in [-0.15, -0.1) is 11.8 Å². The van der Waals surface area contributed by atoms with Crippen molar-refractivity contribution in [3.63, 3.8) is 0 Å². The van der Waals surface area contributed by atoms with E-state index in [1.807, 2.05) is 0 Å². The van der Waals surface area contributed by atoms with E-state index >= 15 is 0 Å². The lowest BCUT2D eigenvalue weighted by Crippen LogP contribution is -2.31. The van der Waals surface area contributed by atoms with Crippen molar-refractivity contribution in [3.8, 4) is 0 Å². The van der Waals surface area contributed by atoms with Crippen molar-refractivity contribution in [2.24, 2.45) is 5.92 Å². The molecule has 0 saturated carbocycles. The number of aromatic nitrogens is 2. The lowest BCUT2D eigenvalue weighted by atomic mass is 10.2. The molecule has 0 aliphatic heterocycles. The highest BCUT2D eigenvalue weighted by Gasteiger charge is 2.24. The molecule has 1 atom stereocenters. The second-order valence-corrected chi connectivity index (χ2v) is 8.24.